The van der Waals surface area contributed by atoms with Crippen LogP contribution in [0.2, 0.25) is 5.02 Å². The summed E-state index contributed by atoms with van der Waals surface area (Å²) in [6.07, 6.45) is 2.12. The number of fused-ring (bicyclic) bond motifs is 1. The molecule has 0 aliphatic carbocycles. The molecule has 2 nitrogen and oxygen atoms in total. The maximum absolute atomic E-state index is 6.23. The van der Waals surface area contributed by atoms with Crippen molar-refractivity contribution in [3.8, 4) is 0 Å². The molecule has 0 spiro atoms. The first kappa shape index (κ1) is 12.3. The van der Waals surface area contributed by atoms with E-state index in [2.05, 4.69) is 29.0 Å². The number of hydrogen-bond donors (Lipinski definition) is 1. The highest BCUT2D eigenvalue weighted by molar-refractivity contribution is 6.31. The SMILES string of the molecule is NCc1cn(Cc2ccccc2Cl)c2ccccc12. The van der Waals surface area contributed by atoms with Gasteiger partial charge in [0.2, 0.25) is 0 Å². The largest absolute Gasteiger partial charge is 0.343 e. The third kappa shape index (κ3) is 2.25. The number of rotatable bonds is 3. The molecule has 0 radical (unpaired) electrons. The average molecular weight is 271 g/mol. The Balaban J connectivity index is 2.09. The molecule has 0 amide bonds. The molecule has 0 atom stereocenters. The lowest BCUT2D eigenvalue weighted by Gasteiger charge is -2.07. The van der Waals surface area contributed by atoms with Gasteiger partial charge in [0.25, 0.3) is 0 Å². The normalized spacial score (nSPS) is 11.1. The van der Waals surface area contributed by atoms with Crippen molar-refractivity contribution in [2.75, 3.05) is 0 Å². The molecule has 0 saturated carbocycles. The lowest BCUT2D eigenvalue weighted by Crippen LogP contribution is -1.99. The lowest BCUT2D eigenvalue weighted by molar-refractivity contribution is 0.830. The molecule has 0 fully saturated rings. The zero-order valence-electron chi connectivity index (χ0n) is 10.5. The van der Waals surface area contributed by atoms with E-state index in [1.165, 1.54) is 16.5 Å². The van der Waals surface area contributed by atoms with Gasteiger partial charge >= 0.3 is 0 Å². The highest BCUT2D eigenvalue weighted by Crippen LogP contribution is 2.24. The van der Waals surface area contributed by atoms with Crippen molar-refractivity contribution < 1.29 is 0 Å². The van der Waals surface area contributed by atoms with Gasteiger partial charge in [0.05, 0.1) is 0 Å². The van der Waals surface area contributed by atoms with E-state index in [0.29, 0.717) is 6.54 Å². The summed E-state index contributed by atoms with van der Waals surface area (Å²) < 4.78 is 2.21. The Morgan fingerprint density at radius 3 is 2.47 bits per heavy atom. The summed E-state index contributed by atoms with van der Waals surface area (Å²) >= 11 is 6.23. The average Bonchev–Trinajstić information content (AvgIpc) is 2.80. The van der Waals surface area contributed by atoms with Crippen molar-refractivity contribution >= 4 is 22.5 Å². The van der Waals surface area contributed by atoms with Gasteiger partial charge in [0, 0.05) is 35.2 Å². The van der Waals surface area contributed by atoms with E-state index in [1.807, 2.05) is 30.3 Å². The van der Waals surface area contributed by atoms with Crippen LogP contribution in [0.25, 0.3) is 10.9 Å². The van der Waals surface area contributed by atoms with Crippen LogP contribution in [0.1, 0.15) is 11.1 Å². The van der Waals surface area contributed by atoms with Crippen molar-refractivity contribution in [1.82, 2.24) is 4.57 Å². The van der Waals surface area contributed by atoms with Crippen LogP contribution in [0.5, 0.6) is 0 Å². The first-order chi connectivity index (χ1) is 9.29. The molecule has 3 heteroatoms. The molecule has 0 aliphatic rings. The van der Waals surface area contributed by atoms with Crippen LogP contribution in [-0.4, -0.2) is 4.57 Å². The van der Waals surface area contributed by atoms with Gasteiger partial charge in [0.15, 0.2) is 0 Å². The van der Waals surface area contributed by atoms with Gasteiger partial charge in [0.1, 0.15) is 0 Å². The molecule has 2 N–H and O–H groups in total. The fourth-order valence-corrected chi connectivity index (χ4v) is 2.62. The van der Waals surface area contributed by atoms with Crippen LogP contribution >= 0.6 is 11.6 Å². The number of nitrogens with zero attached hydrogens (tertiary/aromatic N) is 1. The van der Waals surface area contributed by atoms with Crippen LogP contribution in [0, 0.1) is 0 Å². The molecule has 2 aromatic carbocycles. The van der Waals surface area contributed by atoms with Crippen LogP contribution in [-0.2, 0) is 13.1 Å². The summed E-state index contributed by atoms with van der Waals surface area (Å²) in [5.41, 5.74) is 9.30. The van der Waals surface area contributed by atoms with Crippen LogP contribution in [0.4, 0.5) is 0 Å². The van der Waals surface area contributed by atoms with Gasteiger partial charge in [-0.05, 0) is 23.3 Å². The van der Waals surface area contributed by atoms with E-state index < -0.39 is 0 Å². The Hall–Kier alpha value is -1.77. The first-order valence-electron chi connectivity index (χ1n) is 6.30. The molecule has 1 aromatic heterocycles. The summed E-state index contributed by atoms with van der Waals surface area (Å²) in [6.45, 7) is 1.32. The monoisotopic (exact) mass is 270 g/mol. The third-order valence-corrected chi connectivity index (χ3v) is 3.76. The molecule has 0 aliphatic heterocycles. The zero-order valence-corrected chi connectivity index (χ0v) is 11.3. The molecule has 3 aromatic rings. The summed E-state index contributed by atoms with van der Waals surface area (Å²) in [4.78, 5) is 0. The Morgan fingerprint density at radius 2 is 1.68 bits per heavy atom. The molecule has 96 valence electrons. The highest BCUT2D eigenvalue weighted by Gasteiger charge is 2.08. The molecular formula is C16H15ClN2. The first-order valence-corrected chi connectivity index (χ1v) is 6.67. The van der Waals surface area contributed by atoms with E-state index in [-0.39, 0.29) is 0 Å². The number of halogens is 1. The van der Waals surface area contributed by atoms with Gasteiger partial charge < -0.3 is 10.3 Å². The van der Waals surface area contributed by atoms with Crippen molar-refractivity contribution in [3.05, 3.63) is 70.9 Å². The van der Waals surface area contributed by atoms with Gasteiger partial charge in [-0.15, -0.1) is 0 Å². The van der Waals surface area contributed by atoms with E-state index in [0.717, 1.165) is 17.1 Å². The van der Waals surface area contributed by atoms with E-state index >= 15 is 0 Å². The maximum atomic E-state index is 6.23. The number of benzene rings is 2. The number of aromatic nitrogens is 1. The smallest absolute Gasteiger partial charge is 0.0491 e. The molecule has 1 heterocycles. The molecule has 0 unspecified atom stereocenters. The predicted octanol–water partition coefficient (Wildman–Crippen LogP) is 3.80. The van der Waals surface area contributed by atoms with Gasteiger partial charge in [-0.25, -0.2) is 0 Å². The topological polar surface area (TPSA) is 30.9 Å². The maximum Gasteiger partial charge on any atom is 0.0491 e. The summed E-state index contributed by atoms with van der Waals surface area (Å²) in [7, 11) is 0. The fraction of sp³-hybridized carbons (Fsp3) is 0.125. The predicted molar refractivity (Wildman–Crippen MR) is 80.4 cm³/mol. The van der Waals surface area contributed by atoms with Crippen LogP contribution in [0.3, 0.4) is 0 Å². The standard InChI is InChI=1S/C16H15ClN2/c17-15-7-3-1-5-12(15)10-19-11-13(9-18)14-6-2-4-8-16(14)19/h1-8,11H,9-10,18H2. The minimum atomic E-state index is 0.552. The number of nitrogens with two attached hydrogens (primary N) is 1. The Bertz CT molecular complexity index is 716. The Kier molecular flexibility index (Phi) is 3.28. The number of hydrogen-bond acceptors (Lipinski definition) is 1. The van der Waals surface area contributed by atoms with Crippen molar-refractivity contribution in [3.63, 3.8) is 0 Å². The molecule has 3 rings (SSSR count). The summed E-state index contributed by atoms with van der Waals surface area (Å²) in [5.74, 6) is 0. The molecule has 0 saturated heterocycles. The van der Waals surface area contributed by atoms with Crippen molar-refractivity contribution in [1.29, 1.82) is 0 Å². The summed E-state index contributed by atoms with van der Waals surface area (Å²) in [6, 6.07) is 16.3. The zero-order chi connectivity index (χ0) is 13.2. The Morgan fingerprint density at radius 1 is 0.947 bits per heavy atom. The van der Waals surface area contributed by atoms with Crippen molar-refractivity contribution in [2.24, 2.45) is 5.73 Å². The van der Waals surface area contributed by atoms with Crippen molar-refractivity contribution in [2.45, 2.75) is 13.1 Å². The van der Waals surface area contributed by atoms with E-state index in [4.69, 9.17) is 17.3 Å². The quantitative estimate of drug-likeness (QED) is 0.771. The van der Waals surface area contributed by atoms with E-state index in [1.54, 1.807) is 0 Å². The molecular weight excluding hydrogens is 256 g/mol. The highest BCUT2D eigenvalue weighted by atomic mass is 35.5. The van der Waals surface area contributed by atoms with Crippen LogP contribution < -0.4 is 5.73 Å². The third-order valence-electron chi connectivity index (χ3n) is 3.39. The van der Waals surface area contributed by atoms with Crippen LogP contribution in [0.15, 0.2) is 54.7 Å². The molecule has 19 heavy (non-hydrogen) atoms. The van der Waals surface area contributed by atoms with E-state index in [9.17, 15) is 0 Å². The molecule has 0 bridgehead atoms. The second kappa shape index (κ2) is 5.08. The summed E-state index contributed by atoms with van der Waals surface area (Å²) in [5, 5.41) is 2.02. The number of para-hydroxylation sites is 1. The lowest BCUT2D eigenvalue weighted by atomic mass is 10.2. The van der Waals surface area contributed by atoms with Gasteiger partial charge in [-0.2, -0.15) is 0 Å². The minimum Gasteiger partial charge on any atom is -0.343 e. The van der Waals surface area contributed by atoms with Gasteiger partial charge in [-0.1, -0.05) is 48.0 Å². The second-order valence-electron chi connectivity index (χ2n) is 4.59. The minimum absolute atomic E-state index is 0.552. The second-order valence-corrected chi connectivity index (χ2v) is 5.00. The Labute approximate surface area is 117 Å². The van der Waals surface area contributed by atoms with Gasteiger partial charge in [-0.3, -0.25) is 0 Å². The fourth-order valence-electron chi connectivity index (χ4n) is 2.43.